The molecule has 4 rings (SSSR count). The van der Waals surface area contributed by atoms with E-state index in [0.717, 1.165) is 12.0 Å². The smallest absolute Gasteiger partial charge is 0.339 e. The lowest BCUT2D eigenvalue weighted by atomic mass is 10.0. The van der Waals surface area contributed by atoms with Crippen LogP contribution in [0.1, 0.15) is 41.8 Å². The SMILES string of the molecule is CCCc1c(OCC(O)COc2ccc3c(OCc4ccccc4)cc(=O)oc3c2)ccc(C(C)=O)c1O. The van der Waals surface area contributed by atoms with E-state index in [1.54, 1.807) is 24.3 Å². The predicted molar refractivity (Wildman–Crippen MR) is 142 cm³/mol. The molecule has 38 heavy (non-hydrogen) atoms. The van der Waals surface area contributed by atoms with Crippen molar-refractivity contribution in [1.29, 1.82) is 0 Å². The highest BCUT2D eigenvalue weighted by Gasteiger charge is 2.17. The van der Waals surface area contributed by atoms with E-state index in [1.165, 1.54) is 19.1 Å². The molecule has 0 aliphatic heterocycles. The van der Waals surface area contributed by atoms with Crippen molar-refractivity contribution in [2.24, 2.45) is 0 Å². The Balaban J connectivity index is 1.39. The highest BCUT2D eigenvalue weighted by molar-refractivity contribution is 5.97. The Labute approximate surface area is 220 Å². The van der Waals surface area contributed by atoms with Crippen molar-refractivity contribution >= 4 is 16.8 Å². The fourth-order valence-electron chi connectivity index (χ4n) is 4.01. The number of aliphatic hydroxyl groups is 1. The highest BCUT2D eigenvalue weighted by atomic mass is 16.5. The molecule has 0 aliphatic carbocycles. The molecule has 2 N–H and O–H groups in total. The van der Waals surface area contributed by atoms with Crippen molar-refractivity contribution in [2.75, 3.05) is 13.2 Å². The molecule has 1 atom stereocenters. The average Bonchev–Trinajstić information content (AvgIpc) is 2.91. The third-order valence-electron chi connectivity index (χ3n) is 5.91. The Morgan fingerprint density at radius 2 is 1.71 bits per heavy atom. The van der Waals surface area contributed by atoms with Crippen molar-refractivity contribution in [3.8, 4) is 23.0 Å². The van der Waals surface area contributed by atoms with Gasteiger partial charge in [-0.2, -0.15) is 0 Å². The van der Waals surface area contributed by atoms with E-state index in [0.29, 0.717) is 46.8 Å². The van der Waals surface area contributed by atoms with Crippen LogP contribution in [0.25, 0.3) is 11.0 Å². The average molecular weight is 519 g/mol. The minimum Gasteiger partial charge on any atom is -0.507 e. The first kappa shape index (κ1) is 26.8. The maximum absolute atomic E-state index is 12.1. The summed E-state index contributed by atoms with van der Waals surface area (Å²) in [4.78, 5) is 23.8. The highest BCUT2D eigenvalue weighted by Crippen LogP contribution is 2.33. The molecular formula is C30H30O8. The zero-order valence-electron chi connectivity index (χ0n) is 21.3. The van der Waals surface area contributed by atoms with Gasteiger partial charge in [0.05, 0.1) is 17.0 Å². The number of carbonyl (C=O) groups is 1. The van der Waals surface area contributed by atoms with Gasteiger partial charge in [-0.3, -0.25) is 4.79 Å². The normalized spacial score (nSPS) is 11.8. The first-order valence-corrected chi connectivity index (χ1v) is 12.4. The Bertz CT molecular complexity index is 1460. The van der Waals surface area contributed by atoms with Crippen molar-refractivity contribution in [2.45, 2.75) is 39.4 Å². The van der Waals surface area contributed by atoms with E-state index in [-0.39, 0.29) is 30.3 Å². The third kappa shape index (κ3) is 6.52. The summed E-state index contributed by atoms with van der Waals surface area (Å²) < 4.78 is 22.6. The van der Waals surface area contributed by atoms with Gasteiger partial charge >= 0.3 is 5.63 Å². The molecule has 1 unspecified atom stereocenters. The molecular weight excluding hydrogens is 488 g/mol. The molecule has 0 fully saturated rings. The van der Waals surface area contributed by atoms with E-state index in [4.69, 9.17) is 18.6 Å². The monoisotopic (exact) mass is 518 g/mol. The first-order chi connectivity index (χ1) is 18.4. The number of fused-ring (bicyclic) bond motifs is 1. The Kier molecular flexibility index (Phi) is 8.66. The van der Waals surface area contributed by atoms with Crippen LogP contribution in [0.2, 0.25) is 0 Å². The number of ether oxygens (including phenoxy) is 3. The number of rotatable bonds is 12. The van der Waals surface area contributed by atoms with Crippen molar-refractivity contribution in [3.63, 3.8) is 0 Å². The fraction of sp³-hybridized carbons (Fsp3) is 0.267. The molecule has 4 aromatic rings. The van der Waals surface area contributed by atoms with Crippen LogP contribution < -0.4 is 19.8 Å². The molecule has 3 aromatic carbocycles. The summed E-state index contributed by atoms with van der Waals surface area (Å²) in [6.07, 6.45) is 0.282. The van der Waals surface area contributed by atoms with E-state index >= 15 is 0 Å². The van der Waals surface area contributed by atoms with Crippen LogP contribution in [0.4, 0.5) is 0 Å². The zero-order chi connectivity index (χ0) is 27.1. The van der Waals surface area contributed by atoms with Gasteiger partial charge in [0.25, 0.3) is 0 Å². The largest absolute Gasteiger partial charge is 0.507 e. The molecule has 0 spiro atoms. The maximum atomic E-state index is 12.1. The molecule has 0 saturated carbocycles. The minimum absolute atomic E-state index is 0.0828. The third-order valence-corrected chi connectivity index (χ3v) is 5.91. The summed E-state index contributed by atoms with van der Waals surface area (Å²) >= 11 is 0. The number of ketones is 1. The van der Waals surface area contributed by atoms with E-state index < -0.39 is 11.7 Å². The summed E-state index contributed by atoms with van der Waals surface area (Å²) in [7, 11) is 0. The number of hydrogen-bond acceptors (Lipinski definition) is 8. The number of benzene rings is 3. The van der Waals surface area contributed by atoms with Crippen LogP contribution in [0.5, 0.6) is 23.0 Å². The minimum atomic E-state index is -0.984. The van der Waals surface area contributed by atoms with Crippen LogP contribution in [-0.2, 0) is 13.0 Å². The van der Waals surface area contributed by atoms with E-state index in [1.807, 2.05) is 37.3 Å². The van der Waals surface area contributed by atoms with Gasteiger partial charge in [0.2, 0.25) is 0 Å². The fourth-order valence-corrected chi connectivity index (χ4v) is 4.01. The van der Waals surface area contributed by atoms with Gasteiger partial charge in [-0.1, -0.05) is 43.7 Å². The molecule has 0 aliphatic rings. The number of Topliss-reactive ketones (excluding diaryl/α,β-unsaturated/α-hetero) is 1. The summed E-state index contributed by atoms with van der Waals surface area (Å²) in [6, 6.07) is 19.0. The van der Waals surface area contributed by atoms with Crippen LogP contribution in [-0.4, -0.2) is 35.3 Å². The van der Waals surface area contributed by atoms with Crippen LogP contribution >= 0.6 is 0 Å². The molecule has 0 radical (unpaired) electrons. The number of carbonyl (C=O) groups excluding carboxylic acids is 1. The molecule has 0 saturated heterocycles. The molecule has 8 heteroatoms. The van der Waals surface area contributed by atoms with E-state index in [9.17, 15) is 19.8 Å². The Morgan fingerprint density at radius 3 is 2.45 bits per heavy atom. The molecule has 0 bridgehead atoms. The Hall–Kier alpha value is -4.30. The van der Waals surface area contributed by atoms with Crippen molar-refractivity contribution < 1.29 is 33.6 Å². The van der Waals surface area contributed by atoms with Gasteiger partial charge in [-0.15, -0.1) is 0 Å². The van der Waals surface area contributed by atoms with Gasteiger partial charge in [0.1, 0.15) is 54.5 Å². The van der Waals surface area contributed by atoms with Gasteiger partial charge < -0.3 is 28.8 Å². The summed E-state index contributed by atoms with van der Waals surface area (Å²) in [5, 5.41) is 21.5. The quantitative estimate of drug-likeness (QED) is 0.198. The zero-order valence-corrected chi connectivity index (χ0v) is 21.3. The summed E-state index contributed by atoms with van der Waals surface area (Å²) in [5.74, 6) is 0.884. The molecule has 8 nitrogen and oxygen atoms in total. The van der Waals surface area contributed by atoms with E-state index in [2.05, 4.69) is 0 Å². The standard InChI is InChI=1S/C30H30O8/c1-3-7-25-26(13-12-23(19(2)31)30(25)34)37-18-21(32)17-35-22-10-11-24-27(15-29(33)38-28(24)14-22)36-16-20-8-5-4-6-9-20/h4-6,8-15,21,32,34H,3,7,16-18H2,1-2H3. The maximum Gasteiger partial charge on any atom is 0.339 e. The van der Waals surface area contributed by atoms with Gasteiger partial charge in [-0.25, -0.2) is 4.79 Å². The number of aliphatic hydroxyl groups excluding tert-OH is 1. The molecule has 1 heterocycles. The number of phenolic OH excluding ortho intramolecular Hbond substituents is 1. The van der Waals surface area contributed by atoms with Crippen LogP contribution in [0.3, 0.4) is 0 Å². The van der Waals surface area contributed by atoms with Gasteiger partial charge in [0, 0.05) is 11.6 Å². The summed E-state index contributed by atoms with van der Waals surface area (Å²) in [6.45, 7) is 3.48. The lowest BCUT2D eigenvalue weighted by molar-refractivity contribution is 0.0622. The molecule has 0 amide bonds. The topological polar surface area (TPSA) is 115 Å². The van der Waals surface area contributed by atoms with Crippen molar-refractivity contribution in [1.82, 2.24) is 0 Å². The lowest BCUT2D eigenvalue weighted by Gasteiger charge is -2.17. The number of aromatic hydroxyl groups is 1. The molecule has 198 valence electrons. The second-order valence-corrected chi connectivity index (χ2v) is 8.88. The number of hydrogen-bond donors (Lipinski definition) is 2. The second kappa shape index (κ2) is 12.3. The number of phenols is 1. The van der Waals surface area contributed by atoms with Crippen LogP contribution in [0.15, 0.2) is 75.9 Å². The second-order valence-electron chi connectivity index (χ2n) is 8.88. The Morgan fingerprint density at radius 1 is 0.947 bits per heavy atom. The lowest BCUT2D eigenvalue weighted by Crippen LogP contribution is -2.25. The van der Waals surface area contributed by atoms with Gasteiger partial charge in [0.15, 0.2) is 5.78 Å². The predicted octanol–water partition coefficient (Wildman–Crippen LogP) is 5.05. The van der Waals surface area contributed by atoms with Crippen molar-refractivity contribution in [3.05, 3.63) is 93.8 Å². The first-order valence-electron chi connectivity index (χ1n) is 12.4. The van der Waals surface area contributed by atoms with Gasteiger partial charge in [-0.05, 0) is 43.2 Å². The van der Waals surface area contributed by atoms with Crippen LogP contribution in [0, 0.1) is 0 Å². The summed E-state index contributed by atoms with van der Waals surface area (Å²) in [5.41, 5.74) is 1.49. The molecule has 1 aromatic heterocycles.